The van der Waals surface area contributed by atoms with Gasteiger partial charge in [0.05, 0.1) is 5.88 Å². The van der Waals surface area contributed by atoms with E-state index >= 15 is 0 Å². The number of nitrogens with zero attached hydrogens (tertiary/aromatic N) is 2. The first-order chi connectivity index (χ1) is 8.95. The van der Waals surface area contributed by atoms with Crippen LogP contribution in [0.3, 0.4) is 0 Å². The number of sulfonamides is 1. The van der Waals surface area contributed by atoms with Crippen LogP contribution in [-0.4, -0.2) is 50.8 Å². The second-order valence-corrected chi connectivity index (χ2v) is 8.58. The molecule has 1 atom stereocenters. The molecule has 1 aromatic rings. The lowest BCUT2D eigenvalue weighted by atomic mass is 10.1. The Morgan fingerprint density at radius 2 is 2.21 bits per heavy atom. The summed E-state index contributed by atoms with van der Waals surface area (Å²) in [6, 6.07) is 3.76. The molecular formula is C12H19ClN2O2S2. The summed E-state index contributed by atoms with van der Waals surface area (Å²) in [7, 11) is 0.644. The van der Waals surface area contributed by atoms with Gasteiger partial charge in [0.15, 0.2) is 0 Å². The Kier molecular flexibility index (Phi) is 4.89. The maximum absolute atomic E-state index is 12.6. The average molecular weight is 323 g/mol. The van der Waals surface area contributed by atoms with E-state index in [0.717, 1.165) is 17.7 Å². The fraction of sp³-hybridized carbons (Fsp3) is 0.667. The van der Waals surface area contributed by atoms with E-state index in [0.29, 0.717) is 29.2 Å². The van der Waals surface area contributed by atoms with Crippen molar-refractivity contribution in [3.63, 3.8) is 0 Å². The Hall–Kier alpha value is -0.140. The minimum atomic E-state index is -3.35. The minimum Gasteiger partial charge on any atom is -0.305 e. The second kappa shape index (κ2) is 6.10. The molecule has 0 spiro atoms. The van der Waals surface area contributed by atoms with Gasteiger partial charge >= 0.3 is 0 Å². The van der Waals surface area contributed by atoms with Crippen molar-refractivity contribution in [1.29, 1.82) is 0 Å². The first-order valence-corrected chi connectivity index (χ1v) is 9.05. The Balaban J connectivity index is 2.19. The Morgan fingerprint density at radius 1 is 1.47 bits per heavy atom. The van der Waals surface area contributed by atoms with Gasteiger partial charge in [-0.05, 0) is 39.1 Å². The van der Waals surface area contributed by atoms with Gasteiger partial charge in [-0.25, -0.2) is 8.42 Å². The van der Waals surface area contributed by atoms with Crippen molar-refractivity contribution in [2.24, 2.45) is 0 Å². The van der Waals surface area contributed by atoms with Crippen LogP contribution in [0.25, 0.3) is 0 Å². The summed E-state index contributed by atoms with van der Waals surface area (Å²) in [5.41, 5.74) is 0. The van der Waals surface area contributed by atoms with Gasteiger partial charge in [0.25, 0.3) is 10.0 Å². The van der Waals surface area contributed by atoms with Gasteiger partial charge in [-0.1, -0.05) is 0 Å². The molecule has 108 valence electrons. The van der Waals surface area contributed by atoms with Crippen LogP contribution < -0.4 is 0 Å². The van der Waals surface area contributed by atoms with Crippen LogP contribution in [0.5, 0.6) is 0 Å². The molecule has 0 aliphatic carbocycles. The summed E-state index contributed by atoms with van der Waals surface area (Å²) < 4.78 is 27.1. The molecule has 1 aliphatic heterocycles. The molecule has 1 unspecified atom stereocenters. The average Bonchev–Trinajstić information content (AvgIpc) is 2.88. The summed E-state index contributed by atoms with van der Waals surface area (Å²) in [6.45, 7) is 1.18. The van der Waals surface area contributed by atoms with Gasteiger partial charge in [-0.2, -0.15) is 4.31 Å². The zero-order chi connectivity index (χ0) is 14.0. The fourth-order valence-electron chi connectivity index (χ4n) is 2.26. The molecule has 0 bridgehead atoms. The molecule has 2 heterocycles. The molecule has 0 N–H and O–H groups in total. The zero-order valence-electron chi connectivity index (χ0n) is 11.2. The van der Waals surface area contributed by atoms with E-state index in [2.05, 4.69) is 4.90 Å². The summed E-state index contributed by atoms with van der Waals surface area (Å²) in [5.74, 6) is 0.362. The van der Waals surface area contributed by atoms with Gasteiger partial charge in [0, 0.05) is 24.0 Å². The highest BCUT2D eigenvalue weighted by Crippen LogP contribution is 2.28. The molecule has 19 heavy (non-hydrogen) atoms. The van der Waals surface area contributed by atoms with Crippen LogP contribution >= 0.6 is 22.9 Å². The number of thiophene rings is 1. The van der Waals surface area contributed by atoms with Gasteiger partial charge < -0.3 is 4.90 Å². The molecule has 0 saturated carbocycles. The highest BCUT2D eigenvalue weighted by atomic mass is 35.5. The number of rotatable bonds is 4. The topological polar surface area (TPSA) is 40.6 Å². The quantitative estimate of drug-likeness (QED) is 0.798. The number of likely N-dealkylation sites (N-methyl/N-ethyl adjacent to an activating group) is 1. The Labute approximate surface area is 124 Å². The third-order valence-corrected chi connectivity index (χ3v) is 7.32. The standard InChI is InChI=1S/C12H19ClN2O2S2/c1-14(2)10-4-3-7-15(9-10)19(16,17)12-6-5-11(8-13)18-12/h5-6,10H,3-4,7-9H2,1-2H3. The molecule has 1 saturated heterocycles. The van der Waals surface area contributed by atoms with Crippen LogP contribution in [0, 0.1) is 0 Å². The lowest BCUT2D eigenvalue weighted by Crippen LogP contribution is -2.47. The van der Waals surface area contributed by atoms with Crippen LogP contribution in [0.1, 0.15) is 17.7 Å². The van der Waals surface area contributed by atoms with Gasteiger partial charge in [-0.3, -0.25) is 0 Å². The van der Waals surface area contributed by atoms with Crippen LogP contribution in [-0.2, 0) is 15.9 Å². The van der Waals surface area contributed by atoms with E-state index in [1.165, 1.54) is 11.3 Å². The number of halogens is 1. The molecular weight excluding hydrogens is 304 g/mol. The second-order valence-electron chi connectivity index (χ2n) is 4.98. The van der Waals surface area contributed by atoms with Crippen LogP contribution in [0.15, 0.2) is 16.3 Å². The van der Waals surface area contributed by atoms with E-state index in [9.17, 15) is 8.42 Å². The van der Waals surface area contributed by atoms with Crippen LogP contribution in [0.2, 0.25) is 0 Å². The largest absolute Gasteiger partial charge is 0.305 e. The van der Waals surface area contributed by atoms with Crippen LogP contribution in [0.4, 0.5) is 0 Å². The van der Waals surface area contributed by atoms with Gasteiger partial charge in [-0.15, -0.1) is 22.9 Å². The van der Waals surface area contributed by atoms with E-state index in [-0.39, 0.29) is 0 Å². The van der Waals surface area contributed by atoms with Crippen molar-refractivity contribution >= 4 is 33.0 Å². The smallest absolute Gasteiger partial charge is 0.252 e. The molecule has 2 rings (SSSR count). The van der Waals surface area contributed by atoms with E-state index in [4.69, 9.17) is 11.6 Å². The van der Waals surface area contributed by atoms with E-state index in [1.54, 1.807) is 16.4 Å². The summed E-state index contributed by atoms with van der Waals surface area (Å²) in [5, 5.41) is 0. The predicted molar refractivity (Wildman–Crippen MR) is 79.3 cm³/mol. The Morgan fingerprint density at radius 3 is 2.79 bits per heavy atom. The minimum absolute atomic E-state index is 0.302. The fourth-order valence-corrected chi connectivity index (χ4v) is 5.39. The summed E-state index contributed by atoms with van der Waals surface area (Å²) >= 11 is 7.00. The van der Waals surface area contributed by atoms with Crippen molar-refractivity contribution in [1.82, 2.24) is 9.21 Å². The molecule has 0 radical (unpaired) electrons. The normalized spacial score (nSPS) is 22.0. The Bertz CT molecular complexity index is 528. The first-order valence-electron chi connectivity index (χ1n) is 6.26. The van der Waals surface area contributed by atoms with Gasteiger partial charge in [0.1, 0.15) is 4.21 Å². The molecule has 0 amide bonds. The van der Waals surface area contributed by atoms with E-state index < -0.39 is 10.0 Å². The maximum Gasteiger partial charge on any atom is 0.252 e. The lowest BCUT2D eigenvalue weighted by molar-refractivity contribution is 0.190. The SMILES string of the molecule is CN(C)C1CCCN(S(=O)(=O)c2ccc(CCl)s2)C1. The lowest BCUT2D eigenvalue weighted by Gasteiger charge is -2.35. The third-order valence-electron chi connectivity index (χ3n) is 3.45. The summed E-state index contributed by atoms with van der Waals surface area (Å²) in [4.78, 5) is 2.99. The number of hydrogen-bond donors (Lipinski definition) is 0. The monoisotopic (exact) mass is 322 g/mol. The predicted octanol–water partition coefficient (Wildman–Crippen LogP) is 2.20. The van der Waals surface area contributed by atoms with Crippen molar-refractivity contribution < 1.29 is 8.42 Å². The first kappa shape index (κ1) is 15.3. The molecule has 1 aromatic heterocycles. The number of piperidine rings is 1. The van der Waals surface area contributed by atoms with Gasteiger partial charge in [0.2, 0.25) is 0 Å². The highest BCUT2D eigenvalue weighted by Gasteiger charge is 2.31. The van der Waals surface area contributed by atoms with Crippen molar-refractivity contribution in [3.8, 4) is 0 Å². The molecule has 1 fully saturated rings. The molecule has 1 aliphatic rings. The maximum atomic E-state index is 12.6. The van der Waals surface area contributed by atoms with Crippen molar-refractivity contribution in [2.75, 3.05) is 27.2 Å². The molecule has 0 aromatic carbocycles. The molecule has 7 heteroatoms. The summed E-state index contributed by atoms with van der Waals surface area (Å²) in [6.07, 6.45) is 1.96. The van der Waals surface area contributed by atoms with Crippen molar-refractivity contribution in [3.05, 3.63) is 17.0 Å². The zero-order valence-corrected chi connectivity index (χ0v) is 13.6. The molecule has 4 nitrogen and oxygen atoms in total. The number of alkyl halides is 1. The third kappa shape index (κ3) is 3.31. The number of hydrogen-bond acceptors (Lipinski definition) is 4. The highest BCUT2D eigenvalue weighted by molar-refractivity contribution is 7.91. The van der Waals surface area contributed by atoms with Crippen molar-refractivity contribution in [2.45, 2.75) is 29.0 Å². The van der Waals surface area contributed by atoms with E-state index in [1.807, 2.05) is 14.1 Å².